The molecule has 0 amide bonds. The number of nitro groups is 4. The molecule has 0 radical (unpaired) electrons. The van der Waals surface area contributed by atoms with Gasteiger partial charge in [-0.1, -0.05) is 12.1 Å². The molecule has 0 aliphatic rings. The molecule has 0 unspecified atom stereocenters. The van der Waals surface area contributed by atoms with E-state index >= 15 is 0 Å². The molecule has 0 atom stereocenters. The van der Waals surface area contributed by atoms with Crippen molar-refractivity contribution in [1.82, 2.24) is 0 Å². The lowest BCUT2D eigenvalue weighted by molar-refractivity contribution is -0.711. The van der Waals surface area contributed by atoms with Crippen LogP contribution in [0.15, 0.2) is 36.4 Å². The molecule has 0 saturated heterocycles. The van der Waals surface area contributed by atoms with E-state index in [1.54, 1.807) is 13.0 Å². The monoisotopic (exact) mass is 394 g/mol. The van der Waals surface area contributed by atoms with E-state index in [-0.39, 0.29) is 16.5 Å². The first kappa shape index (κ1) is 21.7. The number of hydrogen-bond acceptors (Lipinski definition) is 9. The quantitative estimate of drug-likeness (QED) is 0.446. The molecule has 0 aromatic heterocycles. The number of hydrogen-bond donors (Lipinski definition) is 1. The van der Waals surface area contributed by atoms with Crippen molar-refractivity contribution in [1.29, 1.82) is 0 Å². The summed E-state index contributed by atoms with van der Waals surface area (Å²) in [4.78, 5) is 39.8. The number of nitrogens with two attached hydrogens (primary N) is 1. The topological polar surface area (TPSA) is 202 Å². The number of rotatable bonds is 5. The second kappa shape index (κ2) is 8.84. The summed E-state index contributed by atoms with van der Waals surface area (Å²) in [7, 11) is 0. The second-order valence-electron chi connectivity index (χ2n) is 5.26. The van der Waals surface area contributed by atoms with Gasteiger partial charge in [0.25, 0.3) is 0 Å². The van der Waals surface area contributed by atoms with Crippen LogP contribution in [0, 0.1) is 54.3 Å². The minimum Gasteiger partial charge on any atom is -0.393 e. The summed E-state index contributed by atoms with van der Waals surface area (Å²) in [6.07, 6.45) is 0. The molecule has 0 aliphatic carbocycles. The van der Waals surface area contributed by atoms with E-state index in [0.29, 0.717) is 0 Å². The van der Waals surface area contributed by atoms with Gasteiger partial charge in [0.05, 0.1) is 9.85 Å². The molecular weight excluding hydrogens is 380 g/mol. The summed E-state index contributed by atoms with van der Waals surface area (Å²) in [5.41, 5.74) is 5.38. The molecule has 148 valence electrons. The first-order valence-corrected chi connectivity index (χ1v) is 7.30. The Morgan fingerprint density at radius 1 is 0.821 bits per heavy atom. The third kappa shape index (κ3) is 5.07. The van der Waals surface area contributed by atoms with Crippen molar-refractivity contribution in [2.24, 2.45) is 0 Å². The van der Waals surface area contributed by atoms with E-state index < -0.39 is 31.3 Å². The predicted molar refractivity (Wildman–Crippen MR) is 96.5 cm³/mol. The van der Waals surface area contributed by atoms with Crippen molar-refractivity contribution in [3.8, 4) is 0 Å². The average molecular weight is 394 g/mol. The number of anilines is 2. The zero-order chi connectivity index (χ0) is 21.6. The van der Waals surface area contributed by atoms with Crippen molar-refractivity contribution >= 4 is 22.7 Å². The van der Waals surface area contributed by atoms with E-state index in [4.69, 9.17) is 5.73 Å². The summed E-state index contributed by atoms with van der Waals surface area (Å²) in [6.45, 7) is 3.55. The zero-order valence-corrected chi connectivity index (χ0v) is 14.5. The highest BCUT2D eigenvalue weighted by atomic mass is 16.8. The van der Waals surface area contributed by atoms with Gasteiger partial charge in [-0.15, -0.1) is 0 Å². The second-order valence-corrected chi connectivity index (χ2v) is 5.26. The summed E-state index contributed by atoms with van der Waals surface area (Å²) in [5, 5.41) is 39.3. The minimum atomic E-state index is -1.07. The molecule has 2 aromatic carbocycles. The van der Waals surface area contributed by atoms with E-state index in [1.165, 1.54) is 24.3 Å². The Hall–Kier alpha value is -4.36. The molecule has 0 aliphatic heterocycles. The number of benzene rings is 2. The van der Waals surface area contributed by atoms with Gasteiger partial charge in [-0.05, 0) is 43.2 Å². The minimum absolute atomic E-state index is 0.0619. The number of nitrogens with zero attached hydrogens (tertiary/aromatic N) is 5. The molecule has 14 nitrogen and oxygen atoms in total. The number of nitrogen functional groups attached to an aromatic ring is 1. The summed E-state index contributed by atoms with van der Waals surface area (Å²) in [6, 6.07) is 7.92. The molecule has 2 aromatic rings. The van der Waals surface area contributed by atoms with Gasteiger partial charge in [0.1, 0.15) is 5.69 Å². The third-order valence-electron chi connectivity index (χ3n) is 3.46. The standard InChI is InChI=1S/C8H9N3O4.C6H5N3O4/c1-6-3-4-8(5-7(6)2)9(10(12)13)11(14)15;7-4-2-1-3-5(8(10)11)6(4)9(12)13/h3-5H,1-2H3;1-3H,7H2. The lowest BCUT2D eigenvalue weighted by Gasteiger charge is -2.05. The zero-order valence-electron chi connectivity index (χ0n) is 14.5. The molecule has 2 N–H and O–H groups in total. The van der Waals surface area contributed by atoms with Crippen LogP contribution in [0.1, 0.15) is 11.1 Å². The highest BCUT2D eigenvalue weighted by Crippen LogP contribution is 2.31. The highest BCUT2D eigenvalue weighted by molar-refractivity contribution is 5.69. The van der Waals surface area contributed by atoms with E-state index in [1.807, 2.05) is 6.92 Å². The molecule has 0 bridgehead atoms. The van der Waals surface area contributed by atoms with Crippen LogP contribution in [0.25, 0.3) is 0 Å². The van der Waals surface area contributed by atoms with Crippen LogP contribution in [0.4, 0.5) is 22.7 Å². The van der Waals surface area contributed by atoms with Gasteiger partial charge < -0.3 is 5.73 Å². The number of hydrazine groups is 2. The molecule has 0 fully saturated rings. The fraction of sp³-hybridized carbons (Fsp3) is 0.143. The first-order valence-electron chi connectivity index (χ1n) is 7.30. The number of aryl methyl sites for hydroxylation is 2. The molecule has 0 heterocycles. The maximum absolute atomic E-state index is 10.4. The SMILES string of the molecule is Cc1ccc(N([N+](=O)[O-])[N+](=O)[O-])cc1C.Nc1cccc([N+](=O)[O-])c1[N+](=O)[O-]. The smallest absolute Gasteiger partial charge is 0.368 e. The van der Waals surface area contributed by atoms with Crippen molar-refractivity contribution in [3.63, 3.8) is 0 Å². The Labute approximate surface area is 156 Å². The van der Waals surface area contributed by atoms with Crippen LogP contribution in [-0.4, -0.2) is 19.9 Å². The Kier molecular flexibility index (Phi) is 6.84. The van der Waals surface area contributed by atoms with Gasteiger partial charge >= 0.3 is 11.4 Å². The summed E-state index contributed by atoms with van der Waals surface area (Å²) < 4.78 is 0. The first-order chi connectivity index (χ1) is 13.0. The van der Waals surface area contributed by atoms with Crippen LogP contribution in [-0.2, 0) is 0 Å². The Balaban J connectivity index is 0.000000283. The van der Waals surface area contributed by atoms with Gasteiger partial charge in [0.2, 0.25) is 10.1 Å². The van der Waals surface area contributed by atoms with Crippen molar-refractivity contribution in [2.45, 2.75) is 13.8 Å². The molecular formula is C14H14N6O8. The van der Waals surface area contributed by atoms with Crippen LogP contribution in [0.2, 0.25) is 0 Å². The summed E-state index contributed by atoms with van der Waals surface area (Å²) in [5.74, 6) is 0. The fourth-order valence-corrected chi connectivity index (χ4v) is 1.99. The van der Waals surface area contributed by atoms with Crippen molar-refractivity contribution in [3.05, 3.63) is 88.0 Å². The Morgan fingerprint density at radius 2 is 1.39 bits per heavy atom. The van der Waals surface area contributed by atoms with Gasteiger partial charge in [-0.3, -0.25) is 20.2 Å². The van der Waals surface area contributed by atoms with Crippen LogP contribution >= 0.6 is 0 Å². The van der Waals surface area contributed by atoms with Crippen molar-refractivity contribution in [2.75, 3.05) is 10.9 Å². The van der Waals surface area contributed by atoms with E-state index in [9.17, 15) is 40.5 Å². The predicted octanol–water partition coefficient (Wildman–Crippen LogP) is 2.58. The number of para-hydroxylation sites is 1. The maximum atomic E-state index is 10.4. The fourth-order valence-electron chi connectivity index (χ4n) is 1.99. The molecule has 0 spiro atoms. The third-order valence-corrected chi connectivity index (χ3v) is 3.46. The van der Waals surface area contributed by atoms with Gasteiger partial charge in [-0.2, -0.15) is 0 Å². The maximum Gasteiger partial charge on any atom is 0.368 e. The largest absolute Gasteiger partial charge is 0.393 e. The number of nitro benzene ring substituents is 2. The normalized spacial score (nSPS) is 9.64. The molecule has 2 rings (SSSR count). The Morgan fingerprint density at radius 3 is 1.79 bits per heavy atom. The van der Waals surface area contributed by atoms with Crippen LogP contribution in [0.5, 0.6) is 0 Å². The van der Waals surface area contributed by atoms with E-state index in [2.05, 4.69) is 0 Å². The van der Waals surface area contributed by atoms with Crippen LogP contribution < -0.4 is 10.9 Å². The van der Waals surface area contributed by atoms with Crippen LogP contribution in [0.3, 0.4) is 0 Å². The lowest BCUT2D eigenvalue weighted by atomic mass is 10.1. The highest BCUT2D eigenvalue weighted by Gasteiger charge is 2.30. The average Bonchev–Trinajstić information content (AvgIpc) is 2.57. The Bertz CT molecular complexity index is 933. The van der Waals surface area contributed by atoms with E-state index in [0.717, 1.165) is 17.2 Å². The van der Waals surface area contributed by atoms with Crippen molar-refractivity contribution < 1.29 is 19.9 Å². The molecule has 0 saturated carbocycles. The lowest BCUT2D eigenvalue weighted by Crippen LogP contribution is -2.35. The molecule has 28 heavy (non-hydrogen) atoms. The van der Waals surface area contributed by atoms with Gasteiger partial charge in [0, 0.05) is 6.07 Å². The summed E-state index contributed by atoms with van der Waals surface area (Å²) >= 11 is 0. The van der Waals surface area contributed by atoms with Gasteiger partial charge in [-0.25, -0.2) is 20.2 Å². The van der Waals surface area contributed by atoms with Gasteiger partial charge in [0.15, 0.2) is 10.8 Å². The molecule has 14 heteroatoms.